The van der Waals surface area contributed by atoms with Crippen molar-refractivity contribution in [1.82, 2.24) is 0 Å². The number of allylic oxidation sites excluding steroid dienone is 3. The molecule has 0 spiro atoms. The van der Waals surface area contributed by atoms with Gasteiger partial charge in [0.2, 0.25) is 0 Å². The standard InChI is InChI=1S/C9H10O2.C8H8N/c1-2-7-5-3-4-6-8(7)9(10)11;1-2-7-3-5-8(9)6-4-7/h3-6H,2H2,1H3,(H,10,11);1,3,5-6H,4,9H2. The first kappa shape index (κ1) is 15.6. The Bertz CT molecular complexity index is 565. The number of carboxylic acid groups (broad SMARTS) is 1. The predicted molar refractivity (Wildman–Crippen MR) is 80.9 cm³/mol. The topological polar surface area (TPSA) is 63.3 Å². The van der Waals surface area contributed by atoms with Crippen LogP contribution in [0.1, 0.15) is 29.3 Å². The van der Waals surface area contributed by atoms with E-state index in [9.17, 15) is 4.79 Å². The first-order chi connectivity index (χ1) is 9.58. The first-order valence-corrected chi connectivity index (χ1v) is 6.35. The minimum absolute atomic E-state index is 0.412. The summed E-state index contributed by atoms with van der Waals surface area (Å²) in [4.78, 5) is 10.6. The molecule has 0 heterocycles. The molecule has 1 aromatic carbocycles. The van der Waals surface area contributed by atoms with E-state index in [0.29, 0.717) is 5.56 Å². The highest BCUT2D eigenvalue weighted by Gasteiger charge is 2.05. The molecule has 0 amide bonds. The average molecular weight is 268 g/mol. The number of nitrogens with two attached hydrogens (primary N) is 1. The molecule has 0 aromatic heterocycles. The highest BCUT2D eigenvalue weighted by Crippen LogP contribution is 2.13. The molecule has 1 aromatic rings. The number of terminal acetylenes is 1. The van der Waals surface area contributed by atoms with E-state index in [0.717, 1.165) is 30.0 Å². The van der Waals surface area contributed by atoms with E-state index >= 15 is 0 Å². The summed E-state index contributed by atoms with van der Waals surface area (Å²) in [7, 11) is 0. The Balaban J connectivity index is 0.000000204. The average Bonchev–Trinajstić information content (AvgIpc) is 2.48. The molecule has 103 valence electrons. The number of aromatic carboxylic acids is 1. The van der Waals surface area contributed by atoms with Crippen molar-refractivity contribution in [3.8, 4) is 12.3 Å². The molecule has 0 aliphatic heterocycles. The Morgan fingerprint density at radius 3 is 2.55 bits per heavy atom. The predicted octanol–water partition coefficient (Wildman–Crippen LogP) is 2.94. The van der Waals surface area contributed by atoms with Crippen LogP contribution >= 0.6 is 0 Å². The normalized spacial score (nSPS) is 13.7. The zero-order valence-corrected chi connectivity index (χ0v) is 11.5. The van der Waals surface area contributed by atoms with Gasteiger partial charge in [0, 0.05) is 5.70 Å². The molecule has 1 radical (unpaired) electrons. The van der Waals surface area contributed by atoms with Gasteiger partial charge in [0.1, 0.15) is 0 Å². The van der Waals surface area contributed by atoms with Gasteiger partial charge in [-0.05, 0) is 30.5 Å². The van der Waals surface area contributed by atoms with Crippen molar-refractivity contribution in [2.75, 3.05) is 0 Å². The van der Waals surface area contributed by atoms with Crippen LogP contribution in [0, 0.1) is 18.3 Å². The van der Waals surface area contributed by atoms with E-state index < -0.39 is 5.97 Å². The molecule has 0 saturated heterocycles. The molecular formula is C17H18NO2. The molecule has 0 bridgehead atoms. The van der Waals surface area contributed by atoms with Crippen LogP contribution in [0.4, 0.5) is 0 Å². The summed E-state index contributed by atoms with van der Waals surface area (Å²) in [6.07, 6.45) is 12.3. The number of aryl methyl sites for hydroxylation is 1. The second-order valence-electron chi connectivity index (χ2n) is 4.23. The lowest BCUT2D eigenvalue weighted by molar-refractivity contribution is 0.0695. The van der Waals surface area contributed by atoms with Crippen LogP contribution < -0.4 is 5.73 Å². The molecule has 3 nitrogen and oxygen atoms in total. The van der Waals surface area contributed by atoms with Crippen LogP contribution in [0.3, 0.4) is 0 Å². The monoisotopic (exact) mass is 268 g/mol. The molecule has 3 N–H and O–H groups in total. The van der Waals surface area contributed by atoms with Gasteiger partial charge in [-0.1, -0.05) is 43.2 Å². The molecule has 20 heavy (non-hydrogen) atoms. The Morgan fingerprint density at radius 2 is 2.10 bits per heavy atom. The van der Waals surface area contributed by atoms with Gasteiger partial charge >= 0.3 is 5.97 Å². The second-order valence-corrected chi connectivity index (χ2v) is 4.23. The fourth-order valence-corrected chi connectivity index (χ4v) is 1.70. The largest absolute Gasteiger partial charge is 0.478 e. The van der Waals surface area contributed by atoms with Crippen molar-refractivity contribution >= 4 is 5.97 Å². The Kier molecular flexibility index (Phi) is 6.12. The van der Waals surface area contributed by atoms with Gasteiger partial charge in [0.15, 0.2) is 0 Å². The minimum atomic E-state index is -0.845. The maximum atomic E-state index is 10.6. The SMILES string of the molecule is C#C[C]1C=CC(N)=CC1.CCc1ccccc1C(=O)O. The van der Waals surface area contributed by atoms with E-state index in [1.807, 2.05) is 37.3 Å². The molecule has 0 fully saturated rings. The minimum Gasteiger partial charge on any atom is -0.478 e. The molecule has 2 rings (SSSR count). The number of benzene rings is 1. The lowest BCUT2D eigenvalue weighted by atomic mass is 10.0. The molecule has 0 saturated carbocycles. The Labute approximate surface area is 119 Å². The molecule has 1 aliphatic rings. The van der Waals surface area contributed by atoms with Crippen molar-refractivity contribution in [1.29, 1.82) is 0 Å². The first-order valence-electron chi connectivity index (χ1n) is 6.35. The van der Waals surface area contributed by atoms with Gasteiger partial charge in [-0.3, -0.25) is 0 Å². The van der Waals surface area contributed by atoms with E-state index in [1.54, 1.807) is 12.1 Å². The van der Waals surface area contributed by atoms with Gasteiger partial charge in [0.05, 0.1) is 11.5 Å². The fraction of sp³-hybridized carbons (Fsp3) is 0.176. The van der Waals surface area contributed by atoms with Gasteiger partial charge < -0.3 is 10.8 Å². The number of hydrogen-bond acceptors (Lipinski definition) is 2. The van der Waals surface area contributed by atoms with Crippen LogP contribution in [0.15, 0.2) is 48.2 Å². The third kappa shape index (κ3) is 4.66. The summed E-state index contributed by atoms with van der Waals surface area (Å²) >= 11 is 0. The van der Waals surface area contributed by atoms with Crippen LogP contribution in [-0.2, 0) is 6.42 Å². The van der Waals surface area contributed by atoms with Crippen molar-refractivity contribution < 1.29 is 9.90 Å². The van der Waals surface area contributed by atoms with Crippen molar-refractivity contribution in [3.05, 3.63) is 65.2 Å². The van der Waals surface area contributed by atoms with E-state index in [4.69, 9.17) is 17.3 Å². The lowest BCUT2D eigenvalue weighted by Gasteiger charge is -2.05. The van der Waals surface area contributed by atoms with Crippen molar-refractivity contribution in [2.24, 2.45) is 5.73 Å². The Hall–Kier alpha value is -2.47. The van der Waals surface area contributed by atoms with Gasteiger partial charge in [-0.2, -0.15) is 0 Å². The van der Waals surface area contributed by atoms with E-state index in [1.165, 1.54) is 0 Å². The highest BCUT2D eigenvalue weighted by molar-refractivity contribution is 5.89. The summed E-state index contributed by atoms with van der Waals surface area (Å²) in [5, 5.41) is 8.70. The summed E-state index contributed by atoms with van der Waals surface area (Å²) in [6.45, 7) is 1.95. The second kappa shape index (κ2) is 7.85. The summed E-state index contributed by atoms with van der Waals surface area (Å²) in [6, 6.07) is 7.05. The number of rotatable bonds is 2. The summed E-state index contributed by atoms with van der Waals surface area (Å²) < 4.78 is 0. The fourth-order valence-electron chi connectivity index (χ4n) is 1.70. The van der Waals surface area contributed by atoms with Crippen LogP contribution in [-0.4, -0.2) is 11.1 Å². The zero-order chi connectivity index (χ0) is 15.0. The molecule has 0 unspecified atom stereocenters. The molecular weight excluding hydrogens is 250 g/mol. The highest BCUT2D eigenvalue weighted by atomic mass is 16.4. The van der Waals surface area contributed by atoms with E-state index in [2.05, 4.69) is 5.92 Å². The number of hydrogen-bond donors (Lipinski definition) is 2. The van der Waals surface area contributed by atoms with Crippen molar-refractivity contribution in [2.45, 2.75) is 19.8 Å². The van der Waals surface area contributed by atoms with Gasteiger partial charge in [0.25, 0.3) is 0 Å². The van der Waals surface area contributed by atoms with Gasteiger partial charge in [-0.25, -0.2) is 4.79 Å². The third-order valence-corrected chi connectivity index (χ3v) is 2.85. The Morgan fingerprint density at radius 1 is 1.40 bits per heavy atom. The van der Waals surface area contributed by atoms with Crippen LogP contribution in [0.5, 0.6) is 0 Å². The number of carbonyl (C=O) groups is 1. The van der Waals surface area contributed by atoms with Gasteiger partial charge in [-0.15, -0.1) is 6.42 Å². The third-order valence-electron chi connectivity index (χ3n) is 2.85. The van der Waals surface area contributed by atoms with Crippen LogP contribution in [0.2, 0.25) is 0 Å². The molecule has 3 heteroatoms. The molecule has 0 atom stereocenters. The van der Waals surface area contributed by atoms with Crippen LogP contribution in [0.25, 0.3) is 0 Å². The summed E-state index contributed by atoms with van der Waals surface area (Å²) in [5.74, 6) is 2.70. The van der Waals surface area contributed by atoms with Crippen molar-refractivity contribution in [3.63, 3.8) is 0 Å². The zero-order valence-electron chi connectivity index (χ0n) is 11.5. The smallest absolute Gasteiger partial charge is 0.335 e. The summed E-state index contributed by atoms with van der Waals surface area (Å²) in [5.41, 5.74) is 7.54. The molecule has 1 aliphatic carbocycles. The van der Waals surface area contributed by atoms with E-state index in [-0.39, 0.29) is 0 Å². The maximum Gasteiger partial charge on any atom is 0.335 e. The number of carboxylic acids is 1. The quantitative estimate of drug-likeness (QED) is 0.811. The lowest BCUT2D eigenvalue weighted by Crippen LogP contribution is -2.00. The maximum absolute atomic E-state index is 10.6.